The maximum Gasteiger partial charge on any atom is 0.326 e. The number of aromatic nitrogens is 2. The van der Waals surface area contributed by atoms with Crippen molar-refractivity contribution >= 4 is 17.3 Å². The highest BCUT2D eigenvalue weighted by atomic mass is 19.1. The average molecular weight is 495 g/mol. The van der Waals surface area contributed by atoms with E-state index in [4.69, 9.17) is 4.52 Å². The molecule has 0 radical (unpaired) electrons. The summed E-state index contributed by atoms with van der Waals surface area (Å²) in [4.78, 5) is 19.9. The second kappa shape index (κ2) is 9.00. The van der Waals surface area contributed by atoms with Gasteiger partial charge in [0.05, 0.1) is 17.3 Å². The molecule has 0 spiro atoms. The maximum absolute atomic E-state index is 13.6. The number of aryl methyl sites for hydroxylation is 4. The molecule has 1 aliphatic heterocycles. The molecule has 0 saturated carbocycles. The van der Waals surface area contributed by atoms with Gasteiger partial charge in [-0.2, -0.15) is 4.98 Å². The molecule has 2 heterocycles. The Labute approximate surface area is 214 Å². The maximum atomic E-state index is 13.6. The molecule has 3 aromatic carbocycles. The first kappa shape index (κ1) is 23.2. The lowest BCUT2D eigenvalue weighted by Gasteiger charge is -2.35. The number of carbonyl (C=O) groups is 1. The zero-order chi connectivity index (χ0) is 25.7. The van der Waals surface area contributed by atoms with Crippen LogP contribution in [0.5, 0.6) is 0 Å². The van der Waals surface area contributed by atoms with Gasteiger partial charge in [-0.1, -0.05) is 29.4 Å². The normalized spacial score (nSPS) is 17.2. The van der Waals surface area contributed by atoms with E-state index in [9.17, 15) is 9.18 Å². The van der Waals surface area contributed by atoms with Crippen molar-refractivity contribution in [2.75, 3.05) is 4.90 Å². The number of anilines is 1. The number of nitrogens with zero attached hydrogens (tertiary/aromatic N) is 3. The molecule has 37 heavy (non-hydrogen) atoms. The van der Waals surface area contributed by atoms with Gasteiger partial charge in [0.25, 0.3) is 5.89 Å². The Hall–Kier alpha value is -4.26. The molecule has 1 aliphatic carbocycles. The van der Waals surface area contributed by atoms with Crippen molar-refractivity contribution in [2.24, 2.45) is 0 Å². The van der Waals surface area contributed by atoms with Gasteiger partial charge in [-0.05, 0) is 104 Å². The second-order valence-corrected chi connectivity index (χ2v) is 9.80. The van der Waals surface area contributed by atoms with Crippen molar-refractivity contribution < 1.29 is 13.7 Å². The van der Waals surface area contributed by atoms with Gasteiger partial charge >= 0.3 is 6.03 Å². The summed E-state index contributed by atoms with van der Waals surface area (Å²) in [5.74, 6) is 0.335. The van der Waals surface area contributed by atoms with Crippen molar-refractivity contribution in [3.63, 3.8) is 0 Å². The molecular weight excluding hydrogens is 467 g/mol. The van der Waals surface area contributed by atoms with E-state index in [1.54, 1.807) is 17.0 Å². The van der Waals surface area contributed by atoms with E-state index >= 15 is 0 Å². The van der Waals surface area contributed by atoms with Crippen LogP contribution in [0.15, 0.2) is 70.9 Å². The molecule has 2 amide bonds. The van der Waals surface area contributed by atoms with E-state index in [1.165, 1.54) is 28.8 Å². The summed E-state index contributed by atoms with van der Waals surface area (Å²) >= 11 is 0. The Balaban J connectivity index is 1.49. The quantitative estimate of drug-likeness (QED) is 0.343. The number of urea groups is 1. The number of hydrogen-bond acceptors (Lipinski definition) is 4. The molecule has 0 saturated heterocycles. The SMILES string of the molecule is CC1=C(c2nc(-c3ccc(F)cc3)no2)C(c2ccc(C)c(C)c2)NC(=O)N1c1ccc2c(c1)CCC2. The summed E-state index contributed by atoms with van der Waals surface area (Å²) in [6.45, 7) is 6.02. The predicted molar refractivity (Wildman–Crippen MR) is 140 cm³/mol. The zero-order valence-electron chi connectivity index (χ0n) is 21.0. The van der Waals surface area contributed by atoms with Crippen LogP contribution in [0.3, 0.4) is 0 Å². The molecule has 1 unspecified atom stereocenters. The minimum atomic E-state index is -0.473. The standard InChI is InChI=1S/C30H27FN4O2/c1-17-7-8-23(15-18(17)2)27-26(29-33-28(34-37-29)21-9-12-24(31)13-10-21)19(3)35(30(36)32-27)25-14-11-20-5-4-6-22(20)16-25/h7-16,27H,4-6H2,1-3H3,(H,32,36). The van der Waals surface area contributed by atoms with Gasteiger partial charge in [0.15, 0.2) is 0 Å². The van der Waals surface area contributed by atoms with Gasteiger partial charge < -0.3 is 9.84 Å². The van der Waals surface area contributed by atoms with Gasteiger partial charge in [-0.3, -0.25) is 4.90 Å². The fraction of sp³-hybridized carbons (Fsp3) is 0.233. The summed E-state index contributed by atoms with van der Waals surface area (Å²) < 4.78 is 19.2. The van der Waals surface area contributed by atoms with Crippen molar-refractivity contribution in [3.8, 4) is 11.4 Å². The first-order valence-corrected chi connectivity index (χ1v) is 12.5. The molecule has 6 rings (SSSR count). The number of fused-ring (bicyclic) bond motifs is 1. The third-order valence-electron chi connectivity index (χ3n) is 7.45. The summed E-state index contributed by atoms with van der Waals surface area (Å²) in [6.07, 6.45) is 3.23. The summed E-state index contributed by atoms with van der Waals surface area (Å²) in [7, 11) is 0. The fourth-order valence-electron chi connectivity index (χ4n) is 5.27. The highest BCUT2D eigenvalue weighted by molar-refractivity contribution is 6.01. The molecule has 2 aliphatic rings. The summed E-state index contributed by atoms with van der Waals surface area (Å²) in [5, 5.41) is 7.36. The number of nitrogens with one attached hydrogen (secondary N) is 1. The lowest BCUT2D eigenvalue weighted by molar-refractivity contribution is 0.244. The van der Waals surface area contributed by atoms with E-state index in [1.807, 2.05) is 19.1 Å². The Morgan fingerprint density at radius 2 is 1.73 bits per heavy atom. The number of carbonyl (C=O) groups excluding carboxylic acids is 1. The average Bonchev–Trinajstić information content (AvgIpc) is 3.55. The molecule has 0 bridgehead atoms. The first-order chi connectivity index (χ1) is 17.9. The van der Waals surface area contributed by atoms with Crippen LogP contribution in [0.25, 0.3) is 17.0 Å². The molecule has 186 valence electrons. The van der Waals surface area contributed by atoms with Crippen LogP contribution in [-0.2, 0) is 12.8 Å². The van der Waals surface area contributed by atoms with Crippen LogP contribution in [0.2, 0.25) is 0 Å². The largest absolute Gasteiger partial charge is 0.334 e. The van der Waals surface area contributed by atoms with Gasteiger partial charge in [0, 0.05) is 11.3 Å². The Morgan fingerprint density at radius 1 is 0.946 bits per heavy atom. The molecule has 1 atom stereocenters. The molecule has 4 aromatic rings. The van der Waals surface area contributed by atoms with Crippen molar-refractivity contribution in [3.05, 3.63) is 106 Å². The third kappa shape index (κ3) is 4.10. The van der Waals surface area contributed by atoms with Gasteiger partial charge in [-0.15, -0.1) is 0 Å². The molecule has 6 nitrogen and oxygen atoms in total. The van der Waals surface area contributed by atoms with Crippen molar-refractivity contribution in [2.45, 2.75) is 46.1 Å². The van der Waals surface area contributed by atoms with Crippen molar-refractivity contribution in [1.29, 1.82) is 0 Å². The van der Waals surface area contributed by atoms with Gasteiger partial charge in [0.1, 0.15) is 5.82 Å². The number of benzene rings is 3. The number of rotatable bonds is 4. The highest BCUT2D eigenvalue weighted by Gasteiger charge is 2.37. The Bertz CT molecular complexity index is 1550. The third-order valence-corrected chi connectivity index (χ3v) is 7.45. The minimum absolute atomic E-state index is 0.208. The van der Waals surface area contributed by atoms with Crippen molar-refractivity contribution in [1.82, 2.24) is 15.5 Å². The zero-order valence-corrected chi connectivity index (χ0v) is 21.0. The van der Waals surface area contributed by atoms with E-state index in [0.29, 0.717) is 17.3 Å². The molecule has 1 aromatic heterocycles. The monoisotopic (exact) mass is 494 g/mol. The Kier molecular flexibility index (Phi) is 5.63. The molecule has 1 N–H and O–H groups in total. The molecule has 0 fully saturated rings. The number of amides is 2. The van der Waals surface area contributed by atoms with Crippen LogP contribution in [0.1, 0.15) is 53.1 Å². The second-order valence-electron chi connectivity index (χ2n) is 9.80. The highest BCUT2D eigenvalue weighted by Crippen LogP contribution is 2.40. The van der Waals surface area contributed by atoms with E-state index < -0.39 is 6.04 Å². The molecule has 7 heteroatoms. The lowest BCUT2D eigenvalue weighted by atomic mass is 9.92. The van der Waals surface area contributed by atoms with Gasteiger partial charge in [-0.25, -0.2) is 9.18 Å². The van der Waals surface area contributed by atoms with Crippen LogP contribution in [0.4, 0.5) is 14.9 Å². The van der Waals surface area contributed by atoms with Crippen LogP contribution in [0, 0.1) is 19.7 Å². The topological polar surface area (TPSA) is 71.3 Å². The first-order valence-electron chi connectivity index (χ1n) is 12.5. The molecular formula is C30H27FN4O2. The van der Waals surface area contributed by atoms with E-state index in [-0.39, 0.29) is 11.8 Å². The summed E-state index contributed by atoms with van der Waals surface area (Å²) in [5.41, 5.74) is 8.76. The predicted octanol–water partition coefficient (Wildman–Crippen LogP) is 6.68. The smallest absolute Gasteiger partial charge is 0.326 e. The number of halogens is 1. The van der Waals surface area contributed by atoms with E-state index in [2.05, 4.69) is 53.6 Å². The minimum Gasteiger partial charge on any atom is -0.334 e. The van der Waals surface area contributed by atoms with Crippen LogP contribution >= 0.6 is 0 Å². The van der Waals surface area contributed by atoms with E-state index in [0.717, 1.165) is 47.3 Å². The number of allylic oxidation sites excluding steroid dienone is 1. The van der Waals surface area contributed by atoms with Gasteiger partial charge in [0.2, 0.25) is 5.82 Å². The van der Waals surface area contributed by atoms with Crippen LogP contribution in [-0.4, -0.2) is 16.2 Å². The Morgan fingerprint density at radius 3 is 2.51 bits per heavy atom. The lowest BCUT2D eigenvalue weighted by Crippen LogP contribution is -2.46. The summed E-state index contributed by atoms with van der Waals surface area (Å²) in [6, 6.07) is 17.7. The van der Waals surface area contributed by atoms with Crippen LogP contribution < -0.4 is 10.2 Å². The number of hydrogen-bond donors (Lipinski definition) is 1. The fourth-order valence-corrected chi connectivity index (χ4v) is 5.27.